The van der Waals surface area contributed by atoms with Gasteiger partial charge in [-0.1, -0.05) is 13.8 Å². The normalized spacial score (nSPS) is 15.8. The van der Waals surface area contributed by atoms with E-state index in [4.69, 9.17) is 10.2 Å². The Morgan fingerprint density at radius 2 is 1.92 bits per heavy atom. The Morgan fingerprint density at radius 1 is 1.38 bits per heavy atom. The van der Waals surface area contributed by atoms with Crippen LogP contribution in [0, 0.1) is 11.8 Å². The van der Waals surface area contributed by atoms with Crippen molar-refractivity contribution >= 4 is 5.97 Å². The van der Waals surface area contributed by atoms with Gasteiger partial charge < -0.3 is 15.1 Å². The highest BCUT2D eigenvalue weighted by atomic mass is 16.4. The Labute approximate surface area is 79.2 Å². The summed E-state index contributed by atoms with van der Waals surface area (Å²) in [6.45, 7) is 5.02. The molecule has 0 bridgehead atoms. The average molecular weight is 189 g/mol. The monoisotopic (exact) mass is 189 g/mol. The number of aliphatic hydroxyl groups is 1. The van der Waals surface area contributed by atoms with Crippen molar-refractivity contribution < 1.29 is 15.0 Å². The number of hydrogen-bond acceptors (Lipinski definition) is 3. The van der Waals surface area contributed by atoms with Crippen LogP contribution in [0.2, 0.25) is 0 Å². The molecule has 0 radical (unpaired) electrons. The van der Waals surface area contributed by atoms with Gasteiger partial charge in [0.1, 0.15) is 0 Å². The van der Waals surface area contributed by atoms with Gasteiger partial charge in [0.25, 0.3) is 0 Å². The maximum absolute atomic E-state index is 10.5. The summed E-state index contributed by atoms with van der Waals surface area (Å²) in [6.07, 6.45) is 0. The summed E-state index contributed by atoms with van der Waals surface area (Å²) in [5.41, 5.74) is 0. The zero-order valence-electron chi connectivity index (χ0n) is 8.53. The zero-order valence-corrected chi connectivity index (χ0v) is 8.53. The van der Waals surface area contributed by atoms with E-state index in [0.717, 1.165) is 6.54 Å². The molecular formula is C9H19NO3. The highest BCUT2D eigenvalue weighted by Crippen LogP contribution is 2.01. The van der Waals surface area contributed by atoms with Crippen LogP contribution in [0.4, 0.5) is 0 Å². The van der Waals surface area contributed by atoms with Gasteiger partial charge in [0.05, 0.1) is 5.92 Å². The third kappa shape index (κ3) is 5.60. The molecular weight excluding hydrogens is 170 g/mol. The van der Waals surface area contributed by atoms with E-state index >= 15 is 0 Å². The maximum Gasteiger partial charge on any atom is 0.307 e. The van der Waals surface area contributed by atoms with Gasteiger partial charge >= 0.3 is 5.97 Å². The summed E-state index contributed by atoms with van der Waals surface area (Å²) in [5, 5.41) is 17.4. The van der Waals surface area contributed by atoms with Crippen molar-refractivity contribution in [1.82, 2.24) is 4.90 Å². The molecule has 0 aliphatic carbocycles. The lowest BCUT2D eigenvalue weighted by molar-refractivity contribution is -0.141. The smallest absolute Gasteiger partial charge is 0.307 e. The van der Waals surface area contributed by atoms with Gasteiger partial charge in [-0.3, -0.25) is 4.79 Å². The second-order valence-corrected chi connectivity index (χ2v) is 3.75. The number of carboxylic acids is 1. The van der Waals surface area contributed by atoms with Crippen molar-refractivity contribution in [2.45, 2.75) is 13.8 Å². The Hall–Kier alpha value is -0.610. The number of nitrogens with zero attached hydrogens (tertiary/aromatic N) is 1. The summed E-state index contributed by atoms with van der Waals surface area (Å²) in [5.74, 6) is -0.926. The van der Waals surface area contributed by atoms with Gasteiger partial charge in [-0.15, -0.1) is 0 Å². The lowest BCUT2D eigenvalue weighted by Gasteiger charge is -2.21. The molecule has 2 unspecified atom stereocenters. The van der Waals surface area contributed by atoms with E-state index in [2.05, 4.69) is 0 Å². The highest BCUT2D eigenvalue weighted by molar-refractivity contribution is 5.69. The third-order valence-corrected chi connectivity index (χ3v) is 1.94. The van der Waals surface area contributed by atoms with Crippen LogP contribution in [0.15, 0.2) is 0 Å². The minimum atomic E-state index is -0.775. The van der Waals surface area contributed by atoms with E-state index in [1.165, 1.54) is 0 Å². The predicted molar refractivity (Wildman–Crippen MR) is 50.5 cm³/mol. The van der Waals surface area contributed by atoms with Crippen LogP contribution in [0.1, 0.15) is 13.8 Å². The fourth-order valence-electron chi connectivity index (χ4n) is 1.21. The molecule has 0 saturated heterocycles. The van der Waals surface area contributed by atoms with Crippen LogP contribution in [0.3, 0.4) is 0 Å². The molecule has 0 aromatic carbocycles. The third-order valence-electron chi connectivity index (χ3n) is 1.94. The number of hydrogen-bond donors (Lipinski definition) is 2. The van der Waals surface area contributed by atoms with Crippen LogP contribution in [-0.4, -0.2) is 47.8 Å². The first-order chi connectivity index (χ1) is 5.97. The minimum absolute atomic E-state index is 0.145. The predicted octanol–water partition coefficient (Wildman–Crippen LogP) is 0.267. The molecule has 0 spiro atoms. The average Bonchev–Trinajstić information content (AvgIpc) is 2.03. The SMILES string of the molecule is CC(CO)CN(C)CC(C)C(=O)O. The standard InChI is InChI=1S/C9H19NO3/c1-7(6-11)4-10(3)5-8(2)9(12)13/h7-8,11H,4-6H2,1-3H3,(H,12,13). The summed E-state index contributed by atoms with van der Waals surface area (Å²) < 4.78 is 0. The fraction of sp³-hybridized carbons (Fsp3) is 0.889. The van der Waals surface area contributed by atoms with Gasteiger partial charge in [-0.2, -0.15) is 0 Å². The van der Waals surface area contributed by atoms with E-state index in [9.17, 15) is 4.79 Å². The Morgan fingerprint density at radius 3 is 2.31 bits per heavy atom. The van der Waals surface area contributed by atoms with Gasteiger partial charge in [0.15, 0.2) is 0 Å². The molecule has 0 aromatic rings. The van der Waals surface area contributed by atoms with Crippen LogP contribution in [-0.2, 0) is 4.79 Å². The molecule has 78 valence electrons. The lowest BCUT2D eigenvalue weighted by atomic mass is 10.1. The fourth-order valence-corrected chi connectivity index (χ4v) is 1.21. The first-order valence-corrected chi connectivity index (χ1v) is 4.49. The number of aliphatic hydroxyl groups excluding tert-OH is 1. The van der Waals surface area contributed by atoms with E-state index in [1.807, 2.05) is 18.9 Å². The second-order valence-electron chi connectivity index (χ2n) is 3.75. The number of carbonyl (C=O) groups is 1. The van der Waals surface area contributed by atoms with Crippen molar-refractivity contribution in [1.29, 1.82) is 0 Å². The van der Waals surface area contributed by atoms with E-state index in [-0.39, 0.29) is 18.4 Å². The van der Waals surface area contributed by atoms with Crippen molar-refractivity contribution in [3.63, 3.8) is 0 Å². The largest absolute Gasteiger partial charge is 0.481 e. The van der Waals surface area contributed by atoms with E-state index < -0.39 is 5.97 Å². The van der Waals surface area contributed by atoms with Crippen molar-refractivity contribution in [3.05, 3.63) is 0 Å². The molecule has 0 heterocycles. The Bertz CT molecular complexity index is 161. The van der Waals surface area contributed by atoms with Crippen molar-refractivity contribution in [3.8, 4) is 0 Å². The Kier molecular flexibility index (Phi) is 5.66. The maximum atomic E-state index is 10.5. The number of carboxylic acid groups (broad SMARTS) is 1. The summed E-state index contributed by atoms with van der Waals surface area (Å²) >= 11 is 0. The summed E-state index contributed by atoms with van der Waals surface area (Å²) in [4.78, 5) is 12.4. The van der Waals surface area contributed by atoms with E-state index in [0.29, 0.717) is 6.54 Å². The van der Waals surface area contributed by atoms with Gasteiger partial charge in [-0.25, -0.2) is 0 Å². The minimum Gasteiger partial charge on any atom is -0.481 e. The number of rotatable bonds is 6. The van der Waals surface area contributed by atoms with Crippen LogP contribution in [0.5, 0.6) is 0 Å². The molecule has 0 amide bonds. The molecule has 2 N–H and O–H groups in total. The molecule has 13 heavy (non-hydrogen) atoms. The second kappa shape index (κ2) is 5.94. The van der Waals surface area contributed by atoms with Crippen LogP contribution in [0.25, 0.3) is 0 Å². The van der Waals surface area contributed by atoms with Crippen LogP contribution < -0.4 is 0 Å². The molecule has 2 atom stereocenters. The van der Waals surface area contributed by atoms with Crippen molar-refractivity contribution in [2.24, 2.45) is 11.8 Å². The van der Waals surface area contributed by atoms with E-state index in [1.54, 1.807) is 6.92 Å². The molecule has 0 aliphatic rings. The van der Waals surface area contributed by atoms with Gasteiger partial charge in [0, 0.05) is 19.7 Å². The highest BCUT2D eigenvalue weighted by Gasteiger charge is 2.14. The van der Waals surface area contributed by atoms with Crippen LogP contribution >= 0.6 is 0 Å². The number of aliphatic carboxylic acids is 1. The van der Waals surface area contributed by atoms with Gasteiger partial charge in [-0.05, 0) is 13.0 Å². The zero-order chi connectivity index (χ0) is 10.4. The quantitative estimate of drug-likeness (QED) is 0.629. The first kappa shape index (κ1) is 12.4. The molecule has 0 rings (SSSR count). The molecule has 0 aromatic heterocycles. The lowest BCUT2D eigenvalue weighted by Crippen LogP contribution is -2.32. The summed E-state index contributed by atoms with van der Waals surface area (Å²) in [7, 11) is 1.87. The first-order valence-electron chi connectivity index (χ1n) is 4.49. The molecule has 4 heteroatoms. The topological polar surface area (TPSA) is 60.8 Å². The summed E-state index contributed by atoms with van der Waals surface area (Å²) in [6, 6.07) is 0. The molecule has 0 fully saturated rings. The molecule has 0 aliphatic heterocycles. The Balaban J connectivity index is 3.73. The molecule has 0 saturated carbocycles. The van der Waals surface area contributed by atoms with Crippen molar-refractivity contribution in [2.75, 3.05) is 26.7 Å². The van der Waals surface area contributed by atoms with Gasteiger partial charge in [0.2, 0.25) is 0 Å². The molecule has 4 nitrogen and oxygen atoms in total.